The minimum atomic E-state index is -0.0300. The zero-order chi connectivity index (χ0) is 16.2. The number of amides is 1. The summed E-state index contributed by atoms with van der Waals surface area (Å²) < 4.78 is 1.93. The lowest BCUT2D eigenvalue weighted by atomic mass is 9.58. The van der Waals surface area contributed by atoms with Gasteiger partial charge in [0.15, 0.2) is 5.82 Å². The van der Waals surface area contributed by atoms with Crippen LogP contribution in [0, 0.1) is 18.8 Å². The molecule has 3 aliphatic rings. The van der Waals surface area contributed by atoms with Crippen LogP contribution >= 0.6 is 0 Å². The number of H-pyrrole nitrogens is 1. The zero-order valence-corrected chi connectivity index (χ0v) is 13.9. The molecule has 122 valence electrons. The molecule has 6 heteroatoms. The molecule has 0 aliphatic heterocycles. The Morgan fingerprint density at radius 3 is 3.04 bits per heavy atom. The fourth-order valence-corrected chi connectivity index (χ4v) is 4.87. The van der Waals surface area contributed by atoms with Crippen molar-refractivity contribution >= 4 is 11.7 Å². The number of rotatable bonds is 4. The third kappa shape index (κ3) is 1.90. The number of carbonyl (C=O) groups is 1. The summed E-state index contributed by atoms with van der Waals surface area (Å²) in [6.45, 7) is 4.07. The van der Waals surface area contributed by atoms with Gasteiger partial charge in [-0.1, -0.05) is 6.92 Å². The van der Waals surface area contributed by atoms with Crippen LogP contribution in [0.5, 0.6) is 0 Å². The van der Waals surface area contributed by atoms with Crippen molar-refractivity contribution in [3.63, 3.8) is 0 Å². The summed E-state index contributed by atoms with van der Waals surface area (Å²) in [5.74, 6) is 1.34. The predicted molar refractivity (Wildman–Crippen MR) is 87.0 cm³/mol. The third-order valence-corrected chi connectivity index (χ3v) is 5.94. The van der Waals surface area contributed by atoms with E-state index < -0.39 is 0 Å². The SMILES string of the molecule is CCc1c(NC(=O)C2C3CCC2(c2ccnn2C)C3)n[nH]c1C. The minimum Gasteiger partial charge on any atom is -0.309 e. The molecule has 6 nitrogen and oxygen atoms in total. The lowest BCUT2D eigenvalue weighted by Crippen LogP contribution is -2.51. The topological polar surface area (TPSA) is 75.6 Å². The standard InChI is InChI=1S/C17H23N5O/c1-4-12-10(2)20-21-15(12)19-16(23)14-11-5-7-17(14,9-11)13-6-8-18-22(13)3/h6,8,11,14H,4-5,7,9H2,1-3H3,(H2,19,20,21,23). The molecule has 2 N–H and O–H groups in total. The monoisotopic (exact) mass is 313 g/mol. The lowest BCUT2D eigenvalue weighted by Gasteiger charge is -2.46. The van der Waals surface area contributed by atoms with Crippen molar-refractivity contribution in [2.45, 2.75) is 44.9 Å². The molecular formula is C17H23N5O. The molecule has 3 fully saturated rings. The second-order valence-electron chi connectivity index (χ2n) is 7.00. The second-order valence-corrected chi connectivity index (χ2v) is 7.00. The number of hydrogen-bond acceptors (Lipinski definition) is 3. The maximum absolute atomic E-state index is 13.0. The van der Waals surface area contributed by atoms with E-state index in [4.69, 9.17) is 0 Å². The van der Waals surface area contributed by atoms with Gasteiger partial charge in [0.25, 0.3) is 0 Å². The van der Waals surface area contributed by atoms with Gasteiger partial charge in [0.1, 0.15) is 0 Å². The first-order valence-corrected chi connectivity index (χ1v) is 8.40. The van der Waals surface area contributed by atoms with Crippen molar-refractivity contribution in [3.05, 3.63) is 29.2 Å². The Morgan fingerprint density at radius 1 is 1.57 bits per heavy atom. The summed E-state index contributed by atoms with van der Waals surface area (Å²) in [4.78, 5) is 13.0. The van der Waals surface area contributed by atoms with E-state index in [1.807, 2.05) is 24.9 Å². The quantitative estimate of drug-likeness (QED) is 0.909. The molecule has 0 radical (unpaired) electrons. The Balaban J connectivity index is 1.61. The van der Waals surface area contributed by atoms with E-state index in [0.29, 0.717) is 11.7 Å². The molecule has 3 atom stereocenters. The summed E-state index contributed by atoms with van der Waals surface area (Å²) in [5.41, 5.74) is 3.29. The van der Waals surface area contributed by atoms with E-state index in [9.17, 15) is 4.79 Å². The van der Waals surface area contributed by atoms with Gasteiger partial charge >= 0.3 is 0 Å². The van der Waals surface area contributed by atoms with Crippen molar-refractivity contribution in [3.8, 4) is 0 Å². The highest BCUT2D eigenvalue weighted by Crippen LogP contribution is 2.64. The summed E-state index contributed by atoms with van der Waals surface area (Å²) >= 11 is 0. The summed E-state index contributed by atoms with van der Waals surface area (Å²) in [6.07, 6.45) is 6.00. The van der Waals surface area contributed by atoms with Crippen LogP contribution in [0.2, 0.25) is 0 Å². The van der Waals surface area contributed by atoms with Crippen molar-refractivity contribution in [2.75, 3.05) is 5.32 Å². The number of aryl methyl sites for hydroxylation is 2. The Labute approximate surface area is 135 Å². The molecule has 2 aromatic rings. The number of aromatic amines is 1. The van der Waals surface area contributed by atoms with Crippen LogP contribution in [0.4, 0.5) is 5.82 Å². The molecule has 2 heterocycles. The van der Waals surface area contributed by atoms with Gasteiger partial charge in [0, 0.05) is 35.6 Å². The number of hydrogen-bond donors (Lipinski definition) is 2. The smallest absolute Gasteiger partial charge is 0.229 e. The molecule has 3 aliphatic carbocycles. The van der Waals surface area contributed by atoms with Gasteiger partial charge in [0.05, 0.1) is 5.92 Å². The maximum Gasteiger partial charge on any atom is 0.229 e. The highest BCUT2D eigenvalue weighted by atomic mass is 16.2. The molecule has 0 aromatic carbocycles. The number of carbonyl (C=O) groups excluding carboxylic acids is 1. The molecule has 0 saturated heterocycles. The highest BCUT2D eigenvalue weighted by molar-refractivity contribution is 5.95. The largest absolute Gasteiger partial charge is 0.309 e. The van der Waals surface area contributed by atoms with Crippen LogP contribution in [-0.2, 0) is 23.7 Å². The molecule has 2 aromatic heterocycles. The Kier molecular flexibility index (Phi) is 3.11. The molecule has 3 saturated carbocycles. The molecule has 5 rings (SSSR count). The fourth-order valence-electron chi connectivity index (χ4n) is 4.87. The maximum atomic E-state index is 13.0. The van der Waals surface area contributed by atoms with Crippen LogP contribution < -0.4 is 5.32 Å². The van der Waals surface area contributed by atoms with Gasteiger partial charge < -0.3 is 5.32 Å². The number of anilines is 1. The first-order valence-electron chi connectivity index (χ1n) is 8.40. The first-order chi connectivity index (χ1) is 11.1. The van der Waals surface area contributed by atoms with Gasteiger partial charge in [-0.25, -0.2) is 0 Å². The molecule has 2 bridgehead atoms. The molecule has 23 heavy (non-hydrogen) atoms. The average molecular weight is 313 g/mol. The van der Waals surface area contributed by atoms with Crippen molar-refractivity contribution in [2.24, 2.45) is 18.9 Å². The molecule has 0 spiro atoms. The van der Waals surface area contributed by atoms with Gasteiger partial charge in [-0.05, 0) is 44.6 Å². The first kappa shape index (κ1) is 14.5. The van der Waals surface area contributed by atoms with Crippen LogP contribution in [-0.4, -0.2) is 25.9 Å². The van der Waals surface area contributed by atoms with Crippen molar-refractivity contribution in [1.29, 1.82) is 0 Å². The van der Waals surface area contributed by atoms with Crippen LogP contribution in [0.1, 0.15) is 43.1 Å². The van der Waals surface area contributed by atoms with Crippen molar-refractivity contribution in [1.82, 2.24) is 20.0 Å². The number of aromatic nitrogens is 4. The van der Waals surface area contributed by atoms with E-state index >= 15 is 0 Å². The Bertz CT molecular complexity index is 757. The van der Waals surface area contributed by atoms with E-state index in [1.165, 1.54) is 5.69 Å². The average Bonchev–Trinajstić information content (AvgIpc) is 3.22. The van der Waals surface area contributed by atoms with Crippen LogP contribution in [0.3, 0.4) is 0 Å². The van der Waals surface area contributed by atoms with E-state index in [0.717, 1.165) is 36.9 Å². The van der Waals surface area contributed by atoms with E-state index in [1.54, 1.807) is 0 Å². The number of nitrogens with zero attached hydrogens (tertiary/aromatic N) is 3. The molecule has 1 amide bonds. The lowest BCUT2D eigenvalue weighted by molar-refractivity contribution is -0.127. The minimum absolute atomic E-state index is 0.0300. The molecule has 3 unspecified atom stereocenters. The van der Waals surface area contributed by atoms with Crippen molar-refractivity contribution < 1.29 is 4.79 Å². The Hall–Kier alpha value is -2.11. The van der Waals surface area contributed by atoms with E-state index in [-0.39, 0.29) is 17.2 Å². The fraction of sp³-hybridized carbons (Fsp3) is 0.588. The van der Waals surface area contributed by atoms with Gasteiger partial charge in [-0.2, -0.15) is 10.2 Å². The summed E-state index contributed by atoms with van der Waals surface area (Å²) in [7, 11) is 1.97. The number of nitrogens with one attached hydrogen (secondary N) is 2. The number of fused-ring (bicyclic) bond motifs is 1. The highest BCUT2D eigenvalue weighted by Gasteiger charge is 2.63. The van der Waals surface area contributed by atoms with Crippen LogP contribution in [0.15, 0.2) is 12.3 Å². The zero-order valence-electron chi connectivity index (χ0n) is 13.9. The summed E-state index contributed by atoms with van der Waals surface area (Å²) in [6, 6.07) is 2.07. The van der Waals surface area contributed by atoms with Gasteiger partial charge in [0.2, 0.25) is 5.91 Å². The Morgan fingerprint density at radius 2 is 2.39 bits per heavy atom. The molecular weight excluding hydrogens is 290 g/mol. The van der Waals surface area contributed by atoms with Gasteiger partial charge in [-0.15, -0.1) is 0 Å². The normalized spacial score (nSPS) is 28.7. The van der Waals surface area contributed by atoms with Crippen LogP contribution in [0.25, 0.3) is 0 Å². The van der Waals surface area contributed by atoms with Gasteiger partial charge in [-0.3, -0.25) is 14.6 Å². The summed E-state index contributed by atoms with van der Waals surface area (Å²) in [5, 5.41) is 14.6. The third-order valence-electron chi connectivity index (χ3n) is 5.94. The second kappa shape index (κ2) is 4.94. The van der Waals surface area contributed by atoms with E-state index in [2.05, 4.69) is 33.6 Å². The predicted octanol–water partition coefficient (Wildman–Crippen LogP) is 2.32.